The summed E-state index contributed by atoms with van der Waals surface area (Å²) in [4.78, 5) is 18.2. The number of ether oxygens (including phenoxy) is 2. The smallest absolute Gasteiger partial charge is 0.237 e. The van der Waals surface area contributed by atoms with Gasteiger partial charge in [-0.1, -0.05) is 12.1 Å². The lowest BCUT2D eigenvalue weighted by atomic mass is 10.0. The third-order valence-electron chi connectivity index (χ3n) is 5.19. The number of hydrogen-bond acceptors (Lipinski definition) is 6. The van der Waals surface area contributed by atoms with E-state index in [1.807, 2.05) is 21.2 Å². The standard InChI is InChI=1S/C23H29FN2O4S/c1-3-9-25(13-18(27)15-29-2)14-23(28)26-10-7-22-20(8-11-31-22)21(26)16-30-19-6-4-5-17(24)12-19/h3-6,8,11-12,18,21,27H,1,7,9-10,13-16H2,2H3/t18-,21-/m1/s1. The van der Waals surface area contributed by atoms with E-state index in [4.69, 9.17) is 9.47 Å². The molecule has 1 aromatic carbocycles. The van der Waals surface area contributed by atoms with Crippen LogP contribution in [0.15, 0.2) is 48.4 Å². The van der Waals surface area contributed by atoms with E-state index < -0.39 is 6.10 Å². The Morgan fingerprint density at radius 1 is 1.48 bits per heavy atom. The fourth-order valence-electron chi connectivity index (χ4n) is 3.82. The molecule has 2 atom stereocenters. The van der Waals surface area contributed by atoms with Crippen LogP contribution in [-0.2, 0) is 16.0 Å². The molecule has 0 aliphatic carbocycles. The quantitative estimate of drug-likeness (QED) is 0.536. The van der Waals surface area contributed by atoms with Gasteiger partial charge in [-0.25, -0.2) is 4.39 Å². The number of rotatable bonds is 11. The first-order chi connectivity index (χ1) is 15.0. The Kier molecular flexibility index (Phi) is 8.60. The van der Waals surface area contributed by atoms with E-state index >= 15 is 0 Å². The topological polar surface area (TPSA) is 62.2 Å². The fourth-order valence-corrected chi connectivity index (χ4v) is 4.75. The summed E-state index contributed by atoms with van der Waals surface area (Å²) in [5.74, 6) is 0.0295. The number of hydrogen-bond donors (Lipinski definition) is 1. The summed E-state index contributed by atoms with van der Waals surface area (Å²) in [6.45, 7) is 5.74. The molecule has 1 N–H and O–H groups in total. The first-order valence-electron chi connectivity index (χ1n) is 10.3. The Labute approximate surface area is 186 Å². The van der Waals surface area contributed by atoms with Gasteiger partial charge in [0.05, 0.1) is 25.3 Å². The van der Waals surface area contributed by atoms with Crippen molar-refractivity contribution in [3.05, 3.63) is 64.6 Å². The molecule has 0 saturated heterocycles. The molecule has 0 spiro atoms. The van der Waals surface area contributed by atoms with Crippen LogP contribution in [0.3, 0.4) is 0 Å². The Morgan fingerprint density at radius 3 is 3.06 bits per heavy atom. The molecule has 0 radical (unpaired) electrons. The molecule has 0 bridgehead atoms. The van der Waals surface area contributed by atoms with Crippen molar-refractivity contribution >= 4 is 17.2 Å². The summed E-state index contributed by atoms with van der Waals surface area (Å²) in [5, 5.41) is 12.1. The Bertz CT molecular complexity index is 875. The summed E-state index contributed by atoms with van der Waals surface area (Å²) < 4.78 is 24.4. The molecular weight excluding hydrogens is 419 g/mol. The second kappa shape index (κ2) is 11.4. The fraction of sp³-hybridized carbons (Fsp3) is 0.435. The van der Waals surface area contributed by atoms with Crippen LogP contribution in [0.1, 0.15) is 16.5 Å². The highest BCUT2D eigenvalue weighted by Crippen LogP contribution is 2.34. The second-order valence-corrected chi connectivity index (χ2v) is 8.51. The zero-order chi connectivity index (χ0) is 22.2. The van der Waals surface area contributed by atoms with Crippen molar-refractivity contribution in [1.82, 2.24) is 9.80 Å². The number of halogens is 1. The van der Waals surface area contributed by atoms with Crippen molar-refractivity contribution in [1.29, 1.82) is 0 Å². The summed E-state index contributed by atoms with van der Waals surface area (Å²) in [6, 6.07) is 7.79. The SMILES string of the molecule is C=CCN(CC(=O)N1CCc2sccc2[C@H]1COc1cccc(F)c1)C[C@@H](O)COC. The Hall–Kier alpha value is -2.26. The van der Waals surface area contributed by atoms with Gasteiger partial charge in [-0.2, -0.15) is 0 Å². The van der Waals surface area contributed by atoms with E-state index in [0.717, 1.165) is 12.0 Å². The largest absolute Gasteiger partial charge is 0.491 e. The van der Waals surface area contributed by atoms with Gasteiger partial charge in [-0.05, 0) is 35.6 Å². The molecule has 1 aliphatic heterocycles. The second-order valence-electron chi connectivity index (χ2n) is 7.51. The number of aliphatic hydroxyl groups is 1. The van der Waals surface area contributed by atoms with Gasteiger partial charge < -0.3 is 19.5 Å². The number of amides is 1. The summed E-state index contributed by atoms with van der Waals surface area (Å²) >= 11 is 1.68. The zero-order valence-corrected chi connectivity index (χ0v) is 18.5. The van der Waals surface area contributed by atoms with Crippen LogP contribution in [0.4, 0.5) is 4.39 Å². The maximum Gasteiger partial charge on any atom is 0.237 e. The molecule has 0 saturated carbocycles. The Morgan fingerprint density at radius 2 is 2.32 bits per heavy atom. The van der Waals surface area contributed by atoms with Crippen LogP contribution in [-0.4, -0.2) is 73.4 Å². The number of carbonyl (C=O) groups is 1. The van der Waals surface area contributed by atoms with Gasteiger partial charge in [0.1, 0.15) is 18.2 Å². The lowest BCUT2D eigenvalue weighted by Crippen LogP contribution is -2.48. The van der Waals surface area contributed by atoms with Gasteiger partial charge in [-0.15, -0.1) is 17.9 Å². The van der Waals surface area contributed by atoms with E-state index in [2.05, 4.69) is 6.58 Å². The van der Waals surface area contributed by atoms with Crippen LogP contribution in [0.5, 0.6) is 5.75 Å². The number of carbonyl (C=O) groups excluding carboxylic acids is 1. The van der Waals surface area contributed by atoms with Gasteiger partial charge in [0.15, 0.2) is 0 Å². The van der Waals surface area contributed by atoms with Crippen LogP contribution >= 0.6 is 11.3 Å². The maximum absolute atomic E-state index is 13.5. The minimum Gasteiger partial charge on any atom is -0.491 e. The first kappa shape index (κ1) is 23.4. The summed E-state index contributed by atoms with van der Waals surface area (Å²) in [7, 11) is 1.53. The van der Waals surface area contributed by atoms with Crippen molar-refractivity contribution < 1.29 is 23.8 Å². The van der Waals surface area contributed by atoms with Crippen LogP contribution in [0.25, 0.3) is 0 Å². The number of fused-ring (bicyclic) bond motifs is 1. The van der Waals surface area contributed by atoms with E-state index in [9.17, 15) is 14.3 Å². The number of benzene rings is 1. The van der Waals surface area contributed by atoms with Gasteiger partial charge in [0, 0.05) is 37.7 Å². The lowest BCUT2D eigenvalue weighted by Gasteiger charge is -2.37. The van der Waals surface area contributed by atoms with Crippen molar-refractivity contribution in [2.45, 2.75) is 18.6 Å². The molecule has 1 amide bonds. The van der Waals surface area contributed by atoms with E-state index in [1.54, 1.807) is 29.5 Å². The molecule has 1 aliphatic rings. The first-order valence-corrected chi connectivity index (χ1v) is 11.1. The van der Waals surface area contributed by atoms with E-state index in [1.165, 1.54) is 24.1 Å². The van der Waals surface area contributed by atoms with Crippen LogP contribution in [0, 0.1) is 5.82 Å². The van der Waals surface area contributed by atoms with Crippen molar-refractivity contribution in [3.8, 4) is 5.75 Å². The van der Waals surface area contributed by atoms with E-state index in [-0.39, 0.29) is 37.5 Å². The van der Waals surface area contributed by atoms with Crippen molar-refractivity contribution in [2.75, 3.05) is 46.5 Å². The minimum atomic E-state index is -0.685. The highest BCUT2D eigenvalue weighted by molar-refractivity contribution is 7.10. The summed E-state index contributed by atoms with van der Waals surface area (Å²) in [5.41, 5.74) is 1.08. The third kappa shape index (κ3) is 6.36. The molecule has 0 unspecified atom stereocenters. The minimum absolute atomic E-state index is 0.0452. The predicted molar refractivity (Wildman–Crippen MR) is 119 cm³/mol. The monoisotopic (exact) mass is 448 g/mol. The molecule has 3 rings (SSSR count). The molecule has 8 heteroatoms. The van der Waals surface area contributed by atoms with Gasteiger partial charge in [-0.3, -0.25) is 9.69 Å². The molecular formula is C23H29FN2O4S. The molecule has 0 fully saturated rings. The van der Waals surface area contributed by atoms with Crippen molar-refractivity contribution in [2.24, 2.45) is 0 Å². The molecule has 31 heavy (non-hydrogen) atoms. The third-order valence-corrected chi connectivity index (χ3v) is 6.19. The highest BCUT2D eigenvalue weighted by Gasteiger charge is 2.33. The van der Waals surface area contributed by atoms with Crippen LogP contribution < -0.4 is 4.74 Å². The van der Waals surface area contributed by atoms with Crippen molar-refractivity contribution in [3.63, 3.8) is 0 Å². The summed E-state index contributed by atoms with van der Waals surface area (Å²) in [6.07, 6.45) is 1.82. The molecule has 2 heterocycles. The average molecular weight is 449 g/mol. The maximum atomic E-state index is 13.5. The number of thiophene rings is 1. The zero-order valence-electron chi connectivity index (χ0n) is 17.7. The number of aliphatic hydroxyl groups excluding tert-OH is 1. The van der Waals surface area contributed by atoms with Gasteiger partial charge in [0.25, 0.3) is 0 Å². The van der Waals surface area contributed by atoms with Crippen LogP contribution in [0.2, 0.25) is 0 Å². The normalized spacial score (nSPS) is 16.8. The molecule has 168 valence electrons. The highest BCUT2D eigenvalue weighted by atomic mass is 32.1. The number of methoxy groups -OCH3 is 1. The lowest BCUT2D eigenvalue weighted by molar-refractivity contribution is -0.136. The molecule has 6 nitrogen and oxygen atoms in total. The van der Waals surface area contributed by atoms with Gasteiger partial charge in [0.2, 0.25) is 5.91 Å². The molecule has 1 aromatic heterocycles. The average Bonchev–Trinajstić information content (AvgIpc) is 3.21. The van der Waals surface area contributed by atoms with Gasteiger partial charge >= 0.3 is 0 Å². The van der Waals surface area contributed by atoms with E-state index in [0.29, 0.717) is 25.4 Å². The Balaban J connectivity index is 1.72. The number of nitrogens with zero attached hydrogens (tertiary/aromatic N) is 2. The molecule has 2 aromatic rings. The predicted octanol–water partition coefficient (Wildman–Crippen LogP) is 2.89.